The van der Waals surface area contributed by atoms with Gasteiger partial charge in [0, 0.05) is 4.90 Å². The number of carbonyl (C=O) groups is 1. The molecule has 33 heavy (non-hydrogen) atoms. The second-order valence-corrected chi connectivity index (χ2v) is 8.56. The summed E-state index contributed by atoms with van der Waals surface area (Å²) < 4.78 is 29.5. The molecule has 0 atom stereocenters. The first-order chi connectivity index (χ1) is 15.9. The number of benzene rings is 2. The van der Waals surface area contributed by atoms with Crippen molar-refractivity contribution < 1.29 is 23.9 Å². The molecule has 0 bridgehead atoms. The van der Waals surface area contributed by atoms with Gasteiger partial charge in [-0.15, -0.1) is 0 Å². The van der Waals surface area contributed by atoms with Gasteiger partial charge >= 0.3 is 0 Å². The second-order valence-electron chi connectivity index (χ2n) is 7.55. The molecule has 12 heteroatoms. The van der Waals surface area contributed by atoms with Crippen LogP contribution in [0, 0.1) is 11.6 Å². The average molecular weight is 481 g/mol. The standard InChI is InChI=1S/C21H26F2N6O3S/c22-16-9-13(12-3-1-2-4-12)10-17(23)19(16)26-20(31)15-11-14(28-32)5-6-18(15)33-21(27-24)29(25)7-8-30/h5-6,9-12,28,30,32H,1-4,7-8,24-25H2,(H,26,31)/b27-21+. The lowest BCUT2D eigenvalue weighted by atomic mass is 9.97. The third kappa shape index (κ3) is 5.90. The summed E-state index contributed by atoms with van der Waals surface area (Å²) in [5, 5.41) is 25.3. The molecule has 1 aliphatic carbocycles. The largest absolute Gasteiger partial charge is 0.394 e. The molecular formula is C21H26F2N6O3S. The summed E-state index contributed by atoms with van der Waals surface area (Å²) >= 11 is 0.906. The smallest absolute Gasteiger partial charge is 0.257 e. The van der Waals surface area contributed by atoms with Crippen molar-refractivity contribution >= 4 is 34.2 Å². The lowest BCUT2D eigenvalue weighted by Crippen LogP contribution is -2.38. The van der Waals surface area contributed by atoms with E-state index in [1.165, 1.54) is 30.3 Å². The van der Waals surface area contributed by atoms with Crippen molar-refractivity contribution in [1.29, 1.82) is 0 Å². The van der Waals surface area contributed by atoms with Crippen LogP contribution in [0.15, 0.2) is 40.3 Å². The molecule has 0 aliphatic heterocycles. The number of nitrogens with zero attached hydrogens (tertiary/aromatic N) is 2. The van der Waals surface area contributed by atoms with Gasteiger partial charge in [-0.3, -0.25) is 20.5 Å². The number of anilines is 2. The van der Waals surface area contributed by atoms with Crippen molar-refractivity contribution in [3.63, 3.8) is 0 Å². The molecule has 8 N–H and O–H groups in total. The van der Waals surface area contributed by atoms with Crippen LogP contribution >= 0.6 is 11.8 Å². The molecule has 1 saturated carbocycles. The minimum absolute atomic E-state index is 0.0173. The number of aliphatic hydroxyl groups excluding tert-OH is 1. The number of aliphatic hydroxyl groups is 1. The summed E-state index contributed by atoms with van der Waals surface area (Å²) in [6, 6.07) is 6.76. The van der Waals surface area contributed by atoms with Gasteiger partial charge in [-0.25, -0.2) is 14.6 Å². The predicted octanol–water partition coefficient (Wildman–Crippen LogP) is 3.17. The highest BCUT2D eigenvalue weighted by Gasteiger charge is 2.23. The SMILES string of the molecule is N/N=C(/Sc1ccc(NO)cc1C(=O)Nc1c(F)cc(C2CCCC2)cc1F)N(N)CCO. The number of thioether (sulfide) groups is 1. The minimum Gasteiger partial charge on any atom is -0.394 e. The first-order valence-corrected chi connectivity index (χ1v) is 11.1. The van der Waals surface area contributed by atoms with E-state index in [2.05, 4.69) is 10.4 Å². The van der Waals surface area contributed by atoms with E-state index in [1.807, 2.05) is 5.48 Å². The molecule has 9 nitrogen and oxygen atoms in total. The second kappa shape index (κ2) is 11.3. The molecule has 1 aliphatic rings. The Hall–Kier alpha value is -2.93. The van der Waals surface area contributed by atoms with Gasteiger partial charge in [0.05, 0.1) is 24.4 Å². The van der Waals surface area contributed by atoms with Gasteiger partial charge in [-0.2, -0.15) is 5.10 Å². The van der Waals surface area contributed by atoms with Crippen LogP contribution in [0.4, 0.5) is 20.2 Å². The lowest BCUT2D eigenvalue weighted by molar-refractivity contribution is 0.102. The van der Waals surface area contributed by atoms with Crippen LogP contribution in [0.2, 0.25) is 0 Å². The summed E-state index contributed by atoms with van der Waals surface area (Å²) in [5.41, 5.74) is 2.10. The molecule has 0 radical (unpaired) electrons. The Balaban J connectivity index is 1.88. The number of hydrogen-bond donors (Lipinski definition) is 6. The Morgan fingerprint density at radius 1 is 1.21 bits per heavy atom. The maximum Gasteiger partial charge on any atom is 0.257 e. The third-order valence-electron chi connectivity index (χ3n) is 5.38. The van der Waals surface area contributed by atoms with Crippen LogP contribution in [0.3, 0.4) is 0 Å². The van der Waals surface area contributed by atoms with Gasteiger partial charge in [0.1, 0.15) is 17.3 Å². The molecule has 1 amide bonds. The van der Waals surface area contributed by atoms with Crippen LogP contribution < -0.4 is 22.5 Å². The maximum atomic E-state index is 14.7. The minimum atomic E-state index is -0.865. The van der Waals surface area contributed by atoms with Crippen molar-refractivity contribution in [2.24, 2.45) is 16.8 Å². The Kier molecular flexibility index (Phi) is 8.44. The molecule has 0 saturated heterocycles. The van der Waals surface area contributed by atoms with Crippen molar-refractivity contribution in [2.45, 2.75) is 36.5 Å². The first-order valence-electron chi connectivity index (χ1n) is 10.3. The Morgan fingerprint density at radius 2 is 1.88 bits per heavy atom. The topological polar surface area (TPSA) is 149 Å². The number of halogens is 2. The van der Waals surface area contributed by atoms with Gasteiger partial charge in [-0.05, 0) is 66.4 Å². The van der Waals surface area contributed by atoms with Gasteiger partial charge in [0.15, 0.2) is 0 Å². The zero-order valence-electron chi connectivity index (χ0n) is 17.7. The van der Waals surface area contributed by atoms with Crippen LogP contribution in [-0.2, 0) is 0 Å². The van der Waals surface area contributed by atoms with Crippen molar-refractivity contribution in [3.05, 3.63) is 53.1 Å². The monoisotopic (exact) mass is 480 g/mol. The highest BCUT2D eigenvalue weighted by atomic mass is 32.2. The quantitative estimate of drug-likeness (QED) is 0.116. The number of carbonyl (C=O) groups excluding carboxylic acids is 1. The van der Waals surface area contributed by atoms with E-state index in [-0.39, 0.29) is 35.5 Å². The summed E-state index contributed by atoms with van der Waals surface area (Å²) in [4.78, 5) is 13.3. The van der Waals surface area contributed by atoms with Crippen molar-refractivity contribution in [1.82, 2.24) is 5.01 Å². The summed E-state index contributed by atoms with van der Waals surface area (Å²) in [6.45, 7) is -0.225. The molecule has 2 aromatic carbocycles. The van der Waals surface area contributed by atoms with Gasteiger partial charge < -0.3 is 16.3 Å². The number of hydrogen-bond acceptors (Lipinski definition) is 8. The fraction of sp³-hybridized carbons (Fsp3) is 0.333. The molecular weight excluding hydrogens is 454 g/mol. The zero-order valence-corrected chi connectivity index (χ0v) is 18.5. The molecule has 0 spiro atoms. The maximum absolute atomic E-state index is 14.7. The van der Waals surface area contributed by atoms with E-state index < -0.39 is 23.2 Å². The van der Waals surface area contributed by atoms with E-state index in [9.17, 15) is 18.8 Å². The third-order valence-corrected chi connectivity index (χ3v) is 6.48. The number of hydrazine groups is 1. The predicted molar refractivity (Wildman–Crippen MR) is 123 cm³/mol. The van der Waals surface area contributed by atoms with Gasteiger partial charge in [-0.1, -0.05) is 12.8 Å². The highest BCUT2D eigenvalue weighted by molar-refractivity contribution is 8.13. The van der Waals surface area contributed by atoms with E-state index >= 15 is 0 Å². The van der Waals surface area contributed by atoms with Crippen molar-refractivity contribution in [3.8, 4) is 0 Å². The Labute approximate surface area is 193 Å². The first kappa shape index (κ1) is 24.7. The summed E-state index contributed by atoms with van der Waals surface area (Å²) in [5.74, 6) is 8.73. The fourth-order valence-electron chi connectivity index (χ4n) is 3.71. The number of amides is 1. The highest BCUT2D eigenvalue weighted by Crippen LogP contribution is 2.36. The van der Waals surface area contributed by atoms with Crippen LogP contribution in [0.1, 0.15) is 47.5 Å². The van der Waals surface area contributed by atoms with Crippen LogP contribution in [0.5, 0.6) is 0 Å². The molecule has 1 fully saturated rings. The molecule has 0 unspecified atom stereocenters. The lowest BCUT2D eigenvalue weighted by Gasteiger charge is -2.19. The Bertz CT molecular complexity index is 1010. The number of amidine groups is 1. The zero-order chi connectivity index (χ0) is 24.0. The number of nitrogens with two attached hydrogens (primary N) is 2. The van der Waals surface area contributed by atoms with Crippen LogP contribution in [-0.4, -0.2) is 39.5 Å². The molecule has 178 valence electrons. The van der Waals surface area contributed by atoms with E-state index in [1.54, 1.807) is 0 Å². The van der Waals surface area contributed by atoms with Gasteiger partial charge in [0.2, 0.25) is 5.17 Å². The van der Waals surface area contributed by atoms with E-state index in [0.29, 0.717) is 10.5 Å². The number of rotatable bonds is 7. The molecule has 3 rings (SSSR count). The summed E-state index contributed by atoms with van der Waals surface area (Å²) in [7, 11) is 0. The number of nitrogens with one attached hydrogen (secondary N) is 2. The van der Waals surface area contributed by atoms with Crippen LogP contribution in [0.25, 0.3) is 0 Å². The Morgan fingerprint density at radius 3 is 2.45 bits per heavy atom. The average Bonchev–Trinajstić information content (AvgIpc) is 3.34. The van der Waals surface area contributed by atoms with Gasteiger partial charge in [0.25, 0.3) is 5.91 Å². The fourth-order valence-corrected chi connectivity index (χ4v) is 4.57. The molecule has 0 heterocycles. The van der Waals surface area contributed by atoms with Crippen molar-refractivity contribution in [2.75, 3.05) is 23.9 Å². The normalized spacial score (nSPS) is 14.4. The number of hydrazone groups is 1. The molecule has 2 aromatic rings. The summed E-state index contributed by atoms with van der Waals surface area (Å²) in [6.07, 6.45) is 3.81. The molecule has 0 aromatic heterocycles. The van der Waals surface area contributed by atoms with E-state index in [0.717, 1.165) is 42.5 Å². The van der Waals surface area contributed by atoms with E-state index in [4.69, 9.17) is 16.8 Å².